The molecule has 0 aromatic heterocycles. The average Bonchev–Trinajstić information content (AvgIpc) is 2.73. The molecule has 0 radical (unpaired) electrons. The van der Waals surface area contributed by atoms with Gasteiger partial charge in [0, 0.05) is 17.8 Å². The SMILES string of the molecule is COc1cccc(NC(=O)CN(C2CCCCC2)S(=O)(=O)c2ccc(F)cc2)c1. The van der Waals surface area contributed by atoms with Crippen molar-refractivity contribution in [3.63, 3.8) is 0 Å². The van der Waals surface area contributed by atoms with Gasteiger partial charge in [0.1, 0.15) is 11.6 Å². The number of hydrogen-bond acceptors (Lipinski definition) is 4. The van der Waals surface area contributed by atoms with Crippen LogP contribution in [0.3, 0.4) is 0 Å². The molecule has 0 aliphatic heterocycles. The highest BCUT2D eigenvalue weighted by Crippen LogP contribution is 2.28. The van der Waals surface area contributed by atoms with Gasteiger partial charge in [-0.2, -0.15) is 4.31 Å². The molecule has 1 N–H and O–H groups in total. The van der Waals surface area contributed by atoms with Gasteiger partial charge >= 0.3 is 0 Å². The molecule has 0 heterocycles. The number of methoxy groups -OCH3 is 1. The molecular weight excluding hydrogens is 395 g/mol. The summed E-state index contributed by atoms with van der Waals surface area (Å²) in [6, 6.07) is 11.3. The van der Waals surface area contributed by atoms with Crippen LogP contribution in [-0.2, 0) is 14.8 Å². The van der Waals surface area contributed by atoms with E-state index in [9.17, 15) is 17.6 Å². The maximum Gasteiger partial charge on any atom is 0.243 e. The van der Waals surface area contributed by atoms with Crippen molar-refractivity contribution in [2.45, 2.75) is 43.0 Å². The molecule has 29 heavy (non-hydrogen) atoms. The van der Waals surface area contributed by atoms with Gasteiger partial charge in [-0.3, -0.25) is 4.79 Å². The number of ether oxygens (including phenoxy) is 1. The van der Waals surface area contributed by atoms with E-state index in [2.05, 4.69) is 5.32 Å². The average molecular weight is 421 g/mol. The van der Waals surface area contributed by atoms with Gasteiger partial charge < -0.3 is 10.1 Å². The topological polar surface area (TPSA) is 75.7 Å². The number of carbonyl (C=O) groups is 1. The maximum absolute atomic E-state index is 13.3. The molecule has 8 heteroatoms. The van der Waals surface area contributed by atoms with E-state index < -0.39 is 21.7 Å². The Morgan fingerprint density at radius 1 is 1.14 bits per heavy atom. The quantitative estimate of drug-likeness (QED) is 0.739. The molecule has 1 aliphatic rings. The largest absolute Gasteiger partial charge is 0.497 e. The fourth-order valence-electron chi connectivity index (χ4n) is 3.56. The van der Waals surface area contributed by atoms with Gasteiger partial charge in [-0.25, -0.2) is 12.8 Å². The summed E-state index contributed by atoms with van der Waals surface area (Å²) in [7, 11) is -2.41. The smallest absolute Gasteiger partial charge is 0.243 e. The minimum atomic E-state index is -3.94. The number of carbonyl (C=O) groups excluding carboxylic acids is 1. The molecule has 0 unspecified atom stereocenters. The van der Waals surface area contributed by atoms with Gasteiger partial charge in [0.15, 0.2) is 0 Å². The first-order valence-electron chi connectivity index (χ1n) is 9.61. The van der Waals surface area contributed by atoms with Crippen LogP contribution < -0.4 is 10.1 Å². The van der Waals surface area contributed by atoms with Gasteiger partial charge in [-0.05, 0) is 49.2 Å². The Morgan fingerprint density at radius 3 is 2.48 bits per heavy atom. The normalized spacial score (nSPS) is 15.3. The van der Waals surface area contributed by atoms with Gasteiger partial charge in [0.05, 0.1) is 18.6 Å². The van der Waals surface area contributed by atoms with Crippen molar-refractivity contribution < 1.29 is 22.3 Å². The third-order valence-electron chi connectivity index (χ3n) is 5.06. The van der Waals surface area contributed by atoms with E-state index >= 15 is 0 Å². The Kier molecular flexibility index (Phi) is 6.87. The second kappa shape index (κ2) is 9.37. The van der Waals surface area contributed by atoms with Crippen LogP contribution in [0.1, 0.15) is 32.1 Å². The molecule has 0 bridgehead atoms. The predicted octanol–water partition coefficient (Wildman–Crippen LogP) is 3.80. The minimum absolute atomic E-state index is 0.0151. The molecule has 1 aliphatic carbocycles. The molecule has 1 saturated carbocycles. The van der Waals surface area contributed by atoms with Crippen LogP contribution in [0.5, 0.6) is 5.75 Å². The highest BCUT2D eigenvalue weighted by molar-refractivity contribution is 7.89. The van der Waals surface area contributed by atoms with E-state index in [1.54, 1.807) is 24.3 Å². The lowest BCUT2D eigenvalue weighted by Crippen LogP contribution is -2.45. The van der Waals surface area contributed by atoms with Gasteiger partial charge in [-0.1, -0.05) is 25.3 Å². The molecule has 0 spiro atoms. The van der Waals surface area contributed by atoms with Crippen LogP contribution >= 0.6 is 0 Å². The number of nitrogens with zero attached hydrogens (tertiary/aromatic N) is 1. The summed E-state index contributed by atoms with van der Waals surface area (Å²) in [6.45, 7) is -0.304. The van der Waals surface area contributed by atoms with Crippen molar-refractivity contribution in [2.75, 3.05) is 19.0 Å². The van der Waals surface area contributed by atoms with Crippen LogP contribution in [0.15, 0.2) is 53.4 Å². The van der Waals surface area contributed by atoms with Crippen LogP contribution in [0.25, 0.3) is 0 Å². The summed E-state index contributed by atoms with van der Waals surface area (Å²) in [5, 5.41) is 2.73. The molecule has 1 fully saturated rings. The van der Waals surface area contributed by atoms with Crippen LogP contribution in [-0.4, -0.2) is 38.3 Å². The van der Waals surface area contributed by atoms with Crippen molar-refractivity contribution in [3.05, 3.63) is 54.3 Å². The summed E-state index contributed by atoms with van der Waals surface area (Å²) in [5.41, 5.74) is 0.525. The number of hydrogen-bond donors (Lipinski definition) is 1. The zero-order valence-corrected chi connectivity index (χ0v) is 17.1. The highest BCUT2D eigenvalue weighted by atomic mass is 32.2. The van der Waals surface area contributed by atoms with Gasteiger partial charge in [0.2, 0.25) is 15.9 Å². The zero-order chi connectivity index (χ0) is 20.9. The van der Waals surface area contributed by atoms with E-state index in [-0.39, 0.29) is 17.5 Å². The molecule has 2 aromatic rings. The number of sulfonamides is 1. The first kappa shape index (κ1) is 21.3. The first-order valence-corrected chi connectivity index (χ1v) is 11.1. The summed E-state index contributed by atoms with van der Waals surface area (Å²) >= 11 is 0. The standard InChI is InChI=1S/C21H25FN2O4S/c1-28-19-9-5-6-17(14-19)23-21(25)15-24(18-7-3-2-4-8-18)29(26,27)20-12-10-16(22)11-13-20/h5-6,9-14,18H,2-4,7-8,15H2,1H3,(H,23,25). The Hall–Kier alpha value is -2.45. The Balaban J connectivity index is 1.83. The molecule has 156 valence electrons. The van der Waals surface area contributed by atoms with E-state index in [0.717, 1.165) is 31.4 Å². The molecule has 1 amide bonds. The lowest BCUT2D eigenvalue weighted by Gasteiger charge is -2.33. The number of benzene rings is 2. The maximum atomic E-state index is 13.3. The van der Waals surface area contributed by atoms with Crippen molar-refractivity contribution >= 4 is 21.6 Å². The molecule has 0 saturated heterocycles. The molecule has 0 atom stereocenters. The molecular formula is C21H25FN2O4S. The monoisotopic (exact) mass is 420 g/mol. The Labute approximate surface area is 170 Å². The number of anilines is 1. The number of rotatable bonds is 7. The van der Waals surface area contributed by atoms with Gasteiger partial charge in [-0.15, -0.1) is 0 Å². The number of halogens is 1. The first-order chi connectivity index (χ1) is 13.9. The fourth-order valence-corrected chi connectivity index (χ4v) is 5.21. The molecule has 6 nitrogen and oxygen atoms in total. The lowest BCUT2D eigenvalue weighted by molar-refractivity contribution is -0.116. The predicted molar refractivity (Wildman–Crippen MR) is 109 cm³/mol. The summed E-state index contributed by atoms with van der Waals surface area (Å²) in [6.07, 6.45) is 4.28. The number of nitrogens with one attached hydrogen (secondary N) is 1. The third kappa shape index (κ3) is 5.33. The lowest BCUT2D eigenvalue weighted by atomic mass is 9.95. The summed E-state index contributed by atoms with van der Waals surface area (Å²) < 4.78 is 46.1. The highest BCUT2D eigenvalue weighted by Gasteiger charge is 2.34. The van der Waals surface area contributed by atoms with Crippen LogP contribution in [0.4, 0.5) is 10.1 Å². The van der Waals surface area contributed by atoms with Crippen molar-refractivity contribution in [1.82, 2.24) is 4.31 Å². The van der Waals surface area contributed by atoms with Crippen LogP contribution in [0.2, 0.25) is 0 Å². The van der Waals surface area contributed by atoms with E-state index in [1.165, 1.54) is 23.5 Å². The van der Waals surface area contributed by atoms with E-state index in [0.29, 0.717) is 24.3 Å². The summed E-state index contributed by atoms with van der Waals surface area (Å²) in [4.78, 5) is 12.7. The van der Waals surface area contributed by atoms with E-state index in [1.807, 2.05) is 0 Å². The third-order valence-corrected chi connectivity index (χ3v) is 6.97. The van der Waals surface area contributed by atoms with Crippen molar-refractivity contribution in [1.29, 1.82) is 0 Å². The fraction of sp³-hybridized carbons (Fsp3) is 0.381. The molecule has 2 aromatic carbocycles. The second-order valence-electron chi connectivity index (χ2n) is 7.08. The Bertz CT molecular complexity index is 941. The summed E-state index contributed by atoms with van der Waals surface area (Å²) in [5.74, 6) is -0.357. The van der Waals surface area contributed by atoms with E-state index in [4.69, 9.17) is 4.74 Å². The van der Waals surface area contributed by atoms with Crippen molar-refractivity contribution in [2.24, 2.45) is 0 Å². The minimum Gasteiger partial charge on any atom is -0.497 e. The van der Waals surface area contributed by atoms with Gasteiger partial charge in [0.25, 0.3) is 0 Å². The number of amides is 1. The van der Waals surface area contributed by atoms with Crippen LogP contribution in [0, 0.1) is 5.82 Å². The second-order valence-corrected chi connectivity index (χ2v) is 8.97. The molecule has 3 rings (SSSR count). The Morgan fingerprint density at radius 2 is 1.83 bits per heavy atom. The van der Waals surface area contributed by atoms with Crippen molar-refractivity contribution in [3.8, 4) is 5.75 Å². The zero-order valence-electron chi connectivity index (χ0n) is 16.3.